The van der Waals surface area contributed by atoms with Gasteiger partial charge in [0.1, 0.15) is 0 Å². The zero-order valence-electron chi connectivity index (χ0n) is 10.5. The lowest BCUT2D eigenvalue weighted by molar-refractivity contribution is -0.143. The lowest BCUT2D eigenvalue weighted by Crippen LogP contribution is -2.36. The Hall–Kier alpha value is -1.51. The Labute approximate surface area is 102 Å². The molecule has 1 aromatic rings. The van der Waals surface area contributed by atoms with E-state index in [9.17, 15) is 9.90 Å². The van der Waals surface area contributed by atoms with Gasteiger partial charge in [0.05, 0.1) is 5.92 Å². The van der Waals surface area contributed by atoms with E-state index in [0.717, 1.165) is 12.1 Å². The number of rotatable bonds is 3. The number of fused-ring (bicyclic) bond motifs is 1. The van der Waals surface area contributed by atoms with Gasteiger partial charge in [-0.3, -0.25) is 4.79 Å². The minimum Gasteiger partial charge on any atom is -0.481 e. The molecule has 0 saturated heterocycles. The minimum atomic E-state index is -0.706. The lowest BCUT2D eigenvalue weighted by Gasteiger charge is -2.23. The molecule has 2 atom stereocenters. The molecule has 2 N–H and O–H groups in total. The fraction of sp³-hybridized carbons (Fsp3) is 0.500. The van der Waals surface area contributed by atoms with Crippen LogP contribution < -0.4 is 5.32 Å². The predicted octanol–water partition coefficient (Wildman–Crippen LogP) is 2.69. The third-order valence-corrected chi connectivity index (χ3v) is 3.57. The van der Waals surface area contributed by atoms with Gasteiger partial charge in [-0.25, -0.2) is 0 Å². The summed E-state index contributed by atoms with van der Waals surface area (Å²) in [6.07, 6.45) is 0.812. The third kappa shape index (κ3) is 2.14. The molecule has 0 fully saturated rings. The number of nitrogens with one attached hydrogen (secondary N) is 1. The number of carbonyl (C=O) groups is 1. The van der Waals surface area contributed by atoms with Crippen molar-refractivity contribution in [3.8, 4) is 0 Å². The lowest BCUT2D eigenvalue weighted by atomic mass is 9.87. The summed E-state index contributed by atoms with van der Waals surface area (Å²) in [4.78, 5) is 11.3. The average Bonchev–Trinajstić information content (AvgIpc) is 2.61. The molecule has 0 radical (unpaired) electrons. The summed E-state index contributed by atoms with van der Waals surface area (Å²) < 4.78 is 0. The number of aliphatic carboxylic acids is 1. The van der Waals surface area contributed by atoms with Crippen molar-refractivity contribution in [1.82, 2.24) is 0 Å². The monoisotopic (exact) mass is 233 g/mol. The van der Waals surface area contributed by atoms with E-state index in [0.29, 0.717) is 0 Å². The highest BCUT2D eigenvalue weighted by Crippen LogP contribution is 2.33. The molecule has 2 rings (SSSR count). The second-order valence-corrected chi connectivity index (χ2v) is 5.17. The Balaban J connectivity index is 2.24. The van der Waals surface area contributed by atoms with Crippen LogP contribution >= 0.6 is 0 Å². The van der Waals surface area contributed by atoms with Gasteiger partial charge in [-0.15, -0.1) is 0 Å². The Morgan fingerprint density at radius 2 is 2.18 bits per heavy atom. The van der Waals surface area contributed by atoms with Crippen LogP contribution in [0.3, 0.4) is 0 Å². The quantitative estimate of drug-likeness (QED) is 0.844. The Morgan fingerprint density at radius 1 is 1.47 bits per heavy atom. The molecule has 92 valence electrons. The van der Waals surface area contributed by atoms with Crippen LogP contribution in [0.15, 0.2) is 18.2 Å². The van der Waals surface area contributed by atoms with Crippen LogP contribution in [0.2, 0.25) is 0 Å². The van der Waals surface area contributed by atoms with E-state index in [4.69, 9.17) is 0 Å². The molecular weight excluding hydrogens is 214 g/mol. The van der Waals surface area contributed by atoms with Gasteiger partial charge in [0, 0.05) is 11.7 Å². The Kier molecular flexibility index (Phi) is 3.09. The molecule has 0 amide bonds. The number of anilines is 1. The van der Waals surface area contributed by atoms with Gasteiger partial charge >= 0.3 is 5.97 Å². The fourth-order valence-electron chi connectivity index (χ4n) is 2.72. The molecule has 1 aliphatic rings. The highest BCUT2D eigenvalue weighted by atomic mass is 16.4. The van der Waals surface area contributed by atoms with Crippen LogP contribution in [0.4, 0.5) is 5.69 Å². The molecule has 0 aliphatic carbocycles. The van der Waals surface area contributed by atoms with E-state index in [2.05, 4.69) is 24.4 Å². The van der Waals surface area contributed by atoms with Crippen molar-refractivity contribution in [2.24, 2.45) is 11.8 Å². The second-order valence-electron chi connectivity index (χ2n) is 5.17. The Bertz CT molecular complexity index is 440. The summed E-state index contributed by atoms with van der Waals surface area (Å²) in [7, 11) is 0. The first-order valence-electron chi connectivity index (χ1n) is 6.08. The highest BCUT2D eigenvalue weighted by molar-refractivity contribution is 5.74. The first-order valence-corrected chi connectivity index (χ1v) is 6.08. The Morgan fingerprint density at radius 3 is 2.71 bits per heavy atom. The number of aryl methyl sites for hydroxylation is 1. The van der Waals surface area contributed by atoms with Crippen LogP contribution in [-0.4, -0.2) is 17.1 Å². The van der Waals surface area contributed by atoms with Crippen LogP contribution in [0.5, 0.6) is 0 Å². The number of hydrogen-bond donors (Lipinski definition) is 2. The molecule has 0 spiro atoms. The predicted molar refractivity (Wildman–Crippen MR) is 68.3 cm³/mol. The third-order valence-electron chi connectivity index (χ3n) is 3.57. The molecule has 2 unspecified atom stereocenters. The van der Waals surface area contributed by atoms with Gasteiger partial charge in [-0.05, 0) is 30.4 Å². The summed E-state index contributed by atoms with van der Waals surface area (Å²) in [5, 5.41) is 12.7. The van der Waals surface area contributed by atoms with Crippen LogP contribution in [0.25, 0.3) is 0 Å². The fourth-order valence-corrected chi connectivity index (χ4v) is 2.72. The molecule has 0 aromatic heterocycles. The number of benzene rings is 1. The smallest absolute Gasteiger partial charge is 0.308 e. The van der Waals surface area contributed by atoms with Crippen molar-refractivity contribution >= 4 is 11.7 Å². The molecular formula is C14H19NO2. The van der Waals surface area contributed by atoms with Crippen LogP contribution in [0, 0.1) is 18.8 Å². The van der Waals surface area contributed by atoms with Crippen molar-refractivity contribution in [2.75, 3.05) is 5.32 Å². The second kappa shape index (κ2) is 4.40. The van der Waals surface area contributed by atoms with E-state index >= 15 is 0 Å². The van der Waals surface area contributed by atoms with Crippen molar-refractivity contribution in [1.29, 1.82) is 0 Å². The maximum absolute atomic E-state index is 11.3. The maximum atomic E-state index is 11.3. The van der Waals surface area contributed by atoms with E-state index < -0.39 is 5.97 Å². The first kappa shape index (κ1) is 12.0. The van der Waals surface area contributed by atoms with Gasteiger partial charge < -0.3 is 10.4 Å². The van der Waals surface area contributed by atoms with Crippen LogP contribution in [-0.2, 0) is 11.2 Å². The van der Waals surface area contributed by atoms with Gasteiger partial charge in [-0.2, -0.15) is 0 Å². The van der Waals surface area contributed by atoms with E-state index in [1.54, 1.807) is 0 Å². The van der Waals surface area contributed by atoms with Gasteiger partial charge in [-0.1, -0.05) is 32.0 Å². The normalized spacial score (nSPS) is 19.9. The van der Waals surface area contributed by atoms with E-state index in [1.165, 1.54) is 11.1 Å². The number of para-hydroxylation sites is 1. The molecule has 1 heterocycles. The molecule has 1 aromatic carbocycles. The summed E-state index contributed by atoms with van der Waals surface area (Å²) in [6.45, 7) is 5.99. The maximum Gasteiger partial charge on any atom is 0.308 e. The topological polar surface area (TPSA) is 49.3 Å². The van der Waals surface area contributed by atoms with Gasteiger partial charge in [0.15, 0.2) is 0 Å². The number of hydrogen-bond acceptors (Lipinski definition) is 2. The zero-order valence-corrected chi connectivity index (χ0v) is 10.5. The summed E-state index contributed by atoms with van der Waals surface area (Å²) in [5.74, 6) is -0.899. The minimum absolute atomic E-state index is 0.0172. The van der Waals surface area contributed by atoms with Crippen molar-refractivity contribution in [3.63, 3.8) is 0 Å². The first-order chi connectivity index (χ1) is 8.00. The van der Waals surface area contributed by atoms with Crippen molar-refractivity contribution < 1.29 is 9.90 Å². The molecule has 0 saturated carbocycles. The SMILES string of the molecule is Cc1cccc2c1NC(C(C(=O)O)C(C)C)C2. The number of carboxylic acids is 1. The van der Waals surface area contributed by atoms with Crippen LogP contribution in [0.1, 0.15) is 25.0 Å². The van der Waals surface area contributed by atoms with Gasteiger partial charge in [0.25, 0.3) is 0 Å². The summed E-state index contributed by atoms with van der Waals surface area (Å²) >= 11 is 0. The standard InChI is InChI=1S/C14H19NO2/c1-8(2)12(14(16)17)11-7-10-6-4-5-9(3)13(10)15-11/h4-6,8,11-12,15H,7H2,1-3H3,(H,16,17). The largest absolute Gasteiger partial charge is 0.481 e. The molecule has 1 aliphatic heterocycles. The average molecular weight is 233 g/mol. The van der Waals surface area contributed by atoms with Crippen molar-refractivity contribution in [3.05, 3.63) is 29.3 Å². The molecule has 3 heteroatoms. The zero-order chi connectivity index (χ0) is 12.6. The molecule has 17 heavy (non-hydrogen) atoms. The van der Waals surface area contributed by atoms with Gasteiger partial charge in [0.2, 0.25) is 0 Å². The number of carboxylic acid groups (broad SMARTS) is 1. The summed E-state index contributed by atoms with van der Waals surface area (Å²) in [6, 6.07) is 6.18. The van der Waals surface area contributed by atoms with E-state index in [1.807, 2.05) is 19.9 Å². The summed E-state index contributed by atoms with van der Waals surface area (Å²) in [5.41, 5.74) is 3.56. The molecule has 3 nitrogen and oxygen atoms in total. The van der Waals surface area contributed by atoms with E-state index in [-0.39, 0.29) is 17.9 Å². The highest BCUT2D eigenvalue weighted by Gasteiger charge is 2.35. The van der Waals surface area contributed by atoms with Crippen molar-refractivity contribution in [2.45, 2.75) is 33.2 Å². The molecule has 0 bridgehead atoms.